The summed E-state index contributed by atoms with van der Waals surface area (Å²) in [5.41, 5.74) is 3.28. The fourth-order valence-electron chi connectivity index (χ4n) is 2.15. The maximum absolute atomic E-state index is 11.0. The van der Waals surface area contributed by atoms with E-state index in [9.17, 15) is 4.79 Å². The lowest BCUT2D eigenvalue weighted by atomic mass is 10.1. The standard InChI is InChI=1S/C18H17N3O2S/c1-13-3-2-4-15(9-13)11-23-16-7-5-14(6-8-16)10-19-21-18-20-17(22)12-24-18/h2-10H,11-12H2,1H3,(H,20,21,22)/b19-10+. The predicted molar refractivity (Wildman–Crippen MR) is 97.6 cm³/mol. The van der Waals surface area contributed by atoms with Gasteiger partial charge in [0, 0.05) is 0 Å². The van der Waals surface area contributed by atoms with Gasteiger partial charge in [0.15, 0.2) is 5.17 Å². The number of amides is 1. The monoisotopic (exact) mass is 339 g/mol. The highest BCUT2D eigenvalue weighted by atomic mass is 32.2. The molecular formula is C18H17N3O2S. The number of hydrogen-bond donors (Lipinski definition) is 1. The molecule has 122 valence electrons. The van der Waals surface area contributed by atoms with Gasteiger partial charge in [-0.2, -0.15) is 5.10 Å². The SMILES string of the molecule is Cc1cccc(COc2ccc(/C=N/N=C3/NC(=O)CS3)cc2)c1. The van der Waals surface area contributed by atoms with Crippen LogP contribution in [0, 0.1) is 6.92 Å². The number of hydrogen-bond acceptors (Lipinski definition) is 5. The zero-order valence-electron chi connectivity index (χ0n) is 13.2. The van der Waals surface area contributed by atoms with Gasteiger partial charge < -0.3 is 10.1 Å². The Kier molecular flexibility index (Phi) is 5.28. The molecule has 6 heteroatoms. The van der Waals surface area contributed by atoms with Crippen molar-refractivity contribution >= 4 is 29.1 Å². The number of carbonyl (C=O) groups is 1. The van der Waals surface area contributed by atoms with Gasteiger partial charge in [0.1, 0.15) is 12.4 Å². The number of amidine groups is 1. The fraction of sp³-hybridized carbons (Fsp3) is 0.167. The van der Waals surface area contributed by atoms with E-state index in [1.807, 2.05) is 36.4 Å². The van der Waals surface area contributed by atoms with E-state index in [4.69, 9.17) is 4.74 Å². The summed E-state index contributed by atoms with van der Waals surface area (Å²) in [6.07, 6.45) is 1.64. The molecule has 2 aromatic carbocycles. The van der Waals surface area contributed by atoms with Crippen molar-refractivity contribution in [1.82, 2.24) is 5.32 Å². The molecule has 1 fully saturated rings. The zero-order chi connectivity index (χ0) is 16.8. The van der Waals surface area contributed by atoms with E-state index in [0.29, 0.717) is 17.5 Å². The van der Waals surface area contributed by atoms with E-state index in [2.05, 4.69) is 34.6 Å². The van der Waals surface area contributed by atoms with E-state index >= 15 is 0 Å². The van der Waals surface area contributed by atoms with E-state index in [-0.39, 0.29) is 5.91 Å². The second-order valence-corrected chi connectivity index (χ2v) is 6.30. The molecule has 1 saturated heterocycles. The van der Waals surface area contributed by atoms with Gasteiger partial charge in [0.2, 0.25) is 5.91 Å². The lowest BCUT2D eigenvalue weighted by molar-refractivity contribution is -0.116. The van der Waals surface area contributed by atoms with E-state index in [1.165, 1.54) is 17.3 Å². The molecule has 3 rings (SSSR count). The number of aryl methyl sites for hydroxylation is 1. The minimum Gasteiger partial charge on any atom is -0.489 e. The number of rotatable bonds is 5. The van der Waals surface area contributed by atoms with Gasteiger partial charge in [-0.25, -0.2) is 0 Å². The van der Waals surface area contributed by atoms with E-state index < -0.39 is 0 Å². The third-order valence-corrected chi connectivity index (χ3v) is 4.17. The van der Waals surface area contributed by atoms with Crippen molar-refractivity contribution in [2.45, 2.75) is 13.5 Å². The van der Waals surface area contributed by atoms with Crippen molar-refractivity contribution in [1.29, 1.82) is 0 Å². The molecule has 1 aliphatic heterocycles. The molecule has 1 amide bonds. The van der Waals surface area contributed by atoms with Crippen molar-refractivity contribution in [3.05, 3.63) is 65.2 Å². The number of ether oxygens (including phenoxy) is 1. The predicted octanol–water partition coefficient (Wildman–Crippen LogP) is 3.13. The largest absolute Gasteiger partial charge is 0.489 e. The second-order valence-electron chi connectivity index (χ2n) is 5.33. The number of thioether (sulfide) groups is 1. The van der Waals surface area contributed by atoms with Crippen LogP contribution >= 0.6 is 11.8 Å². The molecule has 0 bridgehead atoms. The topological polar surface area (TPSA) is 63.1 Å². The molecule has 0 aliphatic carbocycles. The summed E-state index contributed by atoms with van der Waals surface area (Å²) in [5.74, 6) is 1.17. The Morgan fingerprint density at radius 3 is 2.79 bits per heavy atom. The Labute approximate surface area is 144 Å². The minimum atomic E-state index is -0.0379. The summed E-state index contributed by atoms with van der Waals surface area (Å²) in [6.45, 7) is 2.61. The van der Waals surface area contributed by atoms with Crippen LogP contribution in [-0.4, -0.2) is 23.0 Å². The van der Waals surface area contributed by atoms with Crippen molar-refractivity contribution in [2.75, 3.05) is 5.75 Å². The molecular weight excluding hydrogens is 322 g/mol. The minimum absolute atomic E-state index is 0.0379. The highest BCUT2D eigenvalue weighted by Gasteiger charge is 2.15. The molecule has 0 radical (unpaired) electrons. The molecule has 0 spiro atoms. The lowest BCUT2D eigenvalue weighted by Crippen LogP contribution is -2.19. The average molecular weight is 339 g/mol. The molecule has 1 N–H and O–H groups in total. The smallest absolute Gasteiger partial charge is 0.236 e. The van der Waals surface area contributed by atoms with Gasteiger partial charge >= 0.3 is 0 Å². The van der Waals surface area contributed by atoms with E-state index in [0.717, 1.165) is 16.9 Å². The molecule has 24 heavy (non-hydrogen) atoms. The summed E-state index contributed by atoms with van der Waals surface area (Å²) < 4.78 is 5.78. The molecule has 0 aromatic heterocycles. The summed E-state index contributed by atoms with van der Waals surface area (Å²) in [6, 6.07) is 15.9. The number of nitrogens with zero attached hydrogens (tertiary/aromatic N) is 2. The Hall–Kier alpha value is -2.60. The van der Waals surface area contributed by atoms with Crippen LogP contribution in [0.1, 0.15) is 16.7 Å². The second kappa shape index (κ2) is 7.79. The van der Waals surface area contributed by atoms with Crippen molar-refractivity contribution in [3.63, 3.8) is 0 Å². The molecule has 5 nitrogen and oxygen atoms in total. The van der Waals surface area contributed by atoms with Crippen LogP contribution in [0.5, 0.6) is 5.75 Å². The van der Waals surface area contributed by atoms with Crippen LogP contribution in [0.2, 0.25) is 0 Å². The Balaban J connectivity index is 1.54. The van der Waals surface area contributed by atoms with Gasteiger partial charge in [-0.15, -0.1) is 5.10 Å². The first kappa shape index (κ1) is 16.3. The van der Waals surface area contributed by atoms with Gasteiger partial charge in [0.25, 0.3) is 0 Å². The highest BCUT2D eigenvalue weighted by molar-refractivity contribution is 8.15. The first-order valence-corrected chi connectivity index (χ1v) is 8.50. The summed E-state index contributed by atoms with van der Waals surface area (Å²) in [5, 5.41) is 11.1. The molecule has 2 aromatic rings. The Morgan fingerprint density at radius 2 is 2.08 bits per heavy atom. The highest BCUT2D eigenvalue weighted by Crippen LogP contribution is 2.14. The molecule has 0 unspecified atom stereocenters. The first-order valence-electron chi connectivity index (χ1n) is 7.51. The van der Waals surface area contributed by atoms with Crippen LogP contribution in [0.3, 0.4) is 0 Å². The number of carbonyl (C=O) groups excluding carboxylic acids is 1. The Morgan fingerprint density at radius 1 is 1.25 bits per heavy atom. The van der Waals surface area contributed by atoms with E-state index in [1.54, 1.807) is 6.21 Å². The summed E-state index contributed by atoms with van der Waals surface area (Å²) in [7, 11) is 0. The first-order chi connectivity index (χ1) is 11.7. The maximum atomic E-state index is 11.0. The quantitative estimate of drug-likeness (QED) is 0.672. The number of nitrogens with one attached hydrogen (secondary N) is 1. The van der Waals surface area contributed by atoms with Crippen LogP contribution in [0.15, 0.2) is 58.7 Å². The maximum Gasteiger partial charge on any atom is 0.236 e. The third kappa shape index (κ3) is 4.70. The van der Waals surface area contributed by atoms with Crippen LogP contribution in [0.25, 0.3) is 0 Å². The van der Waals surface area contributed by atoms with Gasteiger partial charge in [-0.1, -0.05) is 41.6 Å². The lowest BCUT2D eigenvalue weighted by Gasteiger charge is -2.07. The number of benzene rings is 2. The van der Waals surface area contributed by atoms with Gasteiger partial charge in [-0.3, -0.25) is 4.79 Å². The van der Waals surface area contributed by atoms with Crippen molar-refractivity contribution in [2.24, 2.45) is 10.2 Å². The van der Waals surface area contributed by atoms with Crippen molar-refractivity contribution in [3.8, 4) is 5.75 Å². The van der Waals surface area contributed by atoms with Crippen LogP contribution in [-0.2, 0) is 11.4 Å². The summed E-state index contributed by atoms with van der Waals surface area (Å²) in [4.78, 5) is 11.0. The van der Waals surface area contributed by atoms with Crippen molar-refractivity contribution < 1.29 is 9.53 Å². The van der Waals surface area contributed by atoms with Gasteiger partial charge in [0.05, 0.1) is 12.0 Å². The van der Waals surface area contributed by atoms with Crippen LogP contribution < -0.4 is 10.1 Å². The Bertz CT molecular complexity index is 785. The summed E-state index contributed by atoms with van der Waals surface area (Å²) >= 11 is 1.35. The zero-order valence-corrected chi connectivity index (χ0v) is 14.0. The average Bonchev–Trinajstić information content (AvgIpc) is 3.00. The fourth-order valence-corrected chi connectivity index (χ4v) is 2.78. The molecule has 0 saturated carbocycles. The molecule has 1 heterocycles. The molecule has 1 aliphatic rings. The molecule has 0 atom stereocenters. The van der Waals surface area contributed by atoms with Gasteiger partial charge in [-0.05, 0) is 42.3 Å². The normalized spacial score (nSPS) is 15.9. The third-order valence-electron chi connectivity index (χ3n) is 3.31. The van der Waals surface area contributed by atoms with Crippen LogP contribution in [0.4, 0.5) is 0 Å².